The zero-order chi connectivity index (χ0) is 11.1. The summed E-state index contributed by atoms with van der Waals surface area (Å²) in [6.45, 7) is 0.173. The van der Waals surface area contributed by atoms with Crippen LogP contribution in [0.1, 0.15) is 16.1 Å². The number of aromatic carboxylic acids is 1. The number of nitrogens with zero attached hydrogens (tertiary/aromatic N) is 4. The van der Waals surface area contributed by atoms with Crippen molar-refractivity contribution in [1.82, 2.24) is 4.98 Å². The van der Waals surface area contributed by atoms with Crippen LogP contribution in [0.4, 0.5) is 0 Å². The van der Waals surface area contributed by atoms with E-state index in [1.807, 2.05) is 0 Å². The SMILES string of the molecule is [N-]=[N+]=NCC=Cc1ncccc1C(=O)O. The minimum atomic E-state index is -1.04. The molecule has 0 spiro atoms. The van der Waals surface area contributed by atoms with Crippen LogP contribution in [0.2, 0.25) is 0 Å². The normalized spacial score (nSPS) is 9.87. The molecule has 6 nitrogen and oxygen atoms in total. The summed E-state index contributed by atoms with van der Waals surface area (Å²) in [4.78, 5) is 17.2. The van der Waals surface area contributed by atoms with Gasteiger partial charge in [-0.3, -0.25) is 4.98 Å². The topological polar surface area (TPSA) is 99.0 Å². The number of aromatic nitrogens is 1. The fraction of sp³-hybridized carbons (Fsp3) is 0.111. The van der Waals surface area contributed by atoms with Crippen LogP contribution in [0.25, 0.3) is 16.5 Å². The van der Waals surface area contributed by atoms with Crippen molar-refractivity contribution >= 4 is 12.0 Å². The third kappa shape index (κ3) is 3.13. The molecule has 0 aliphatic heterocycles. The van der Waals surface area contributed by atoms with Gasteiger partial charge in [0.25, 0.3) is 0 Å². The van der Waals surface area contributed by atoms with Crippen molar-refractivity contribution in [2.75, 3.05) is 6.54 Å². The summed E-state index contributed by atoms with van der Waals surface area (Å²) < 4.78 is 0. The summed E-state index contributed by atoms with van der Waals surface area (Å²) >= 11 is 0. The van der Waals surface area contributed by atoms with Gasteiger partial charge >= 0.3 is 5.97 Å². The van der Waals surface area contributed by atoms with Crippen LogP contribution in [0.3, 0.4) is 0 Å². The van der Waals surface area contributed by atoms with E-state index in [4.69, 9.17) is 10.6 Å². The molecule has 0 unspecified atom stereocenters. The molecule has 0 amide bonds. The molecule has 0 atom stereocenters. The standard InChI is InChI=1S/C9H8N4O2/c10-13-12-6-2-4-8-7(9(14)15)3-1-5-11-8/h1-5H,6H2,(H,14,15). The highest BCUT2D eigenvalue weighted by Crippen LogP contribution is 2.06. The fourth-order valence-electron chi connectivity index (χ4n) is 0.979. The Hall–Kier alpha value is -2.33. The first-order chi connectivity index (χ1) is 7.25. The van der Waals surface area contributed by atoms with Gasteiger partial charge in [-0.1, -0.05) is 11.2 Å². The first-order valence-corrected chi connectivity index (χ1v) is 4.11. The molecule has 1 N–H and O–H groups in total. The molecule has 0 saturated heterocycles. The van der Waals surface area contributed by atoms with E-state index in [2.05, 4.69) is 15.0 Å². The highest BCUT2D eigenvalue weighted by Gasteiger charge is 2.06. The first kappa shape index (κ1) is 10.7. The van der Waals surface area contributed by atoms with Gasteiger partial charge in [0.05, 0.1) is 11.3 Å². The van der Waals surface area contributed by atoms with E-state index in [9.17, 15) is 4.79 Å². The number of hydrogen-bond donors (Lipinski definition) is 1. The maximum Gasteiger partial charge on any atom is 0.337 e. The Bertz CT molecular complexity index is 435. The fourth-order valence-corrected chi connectivity index (χ4v) is 0.979. The second kappa shape index (κ2) is 5.41. The van der Waals surface area contributed by atoms with Crippen LogP contribution < -0.4 is 0 Å². The minimum absolute atomic E-state index is 0.120. The number of rotatable bonds is 4. The Kier molecular flexibility index (Phi) is 3.88. The molecule has 0 fully saturated rings. The van der Waals surface area contributed by atoms with Crippen molar-refractivity contribution in [3.63, 3.8) is 0 Å². The molecule has 0 radical (unpaired) electrons. The highest BCUT2D eigenvalue weighted by molar-refractivity contribution is 5.91. The molecular formula is C9H8N4O2. The number of azide groups is 1. The Morgan fingerprint density at radius 2 is 2.53 bits per heavy atom. The molecular weight excluding hydrogens is 196 g/mol. The van der Waals surface area contributed by atoms with E-state index >= 15 is 0 Å². The quantitative estimate of drug-likeness (QED) is 0.461. The molecule has 15 heavy (non-hydrogen) atoms. The van der Waals surface area contributed by atoms with Gasteiger partial charge in [-0.25, -0.2) is 4.79 Å². The monoisotopic (exact) mass is 204 g/mol. The molecule has 6 heteroatoms. The van der Waals surface area contributed by atoms with E-state index < -0.39 is 5.97 Å². The Morgan fingerprint density at radius 3 is 3.20 bits per heavy atom. The Labute approximate surface area is 85.5 Å². The summed E-state index contributed by atoms with van der Waals surface area (Å²) in [7, 11) is 0. The van der Waals surface area contributed by atoms with E-state index in [1.165, 1.54) is 18.3 Å². The maximum absolute atomic E-state index is 10.8. The smallest absolute Gasteiger partial charge is 0.337 e. The van der Waals surface area contributed by atoms with Gasteiger partial charge in [0.2, 0.25) is 0 Å². The zero-order valence-electron chi connectivity index (χ0n) is 7.74. The van der Waals surface area contributed by atoms with Crippen molar-refractivity contribution in [1.29, 1.82) is 0 Å². The van der Waals surface area contributed by atoms with Crippen LogP contribution in [0.5, 0.6) is 0 Å². The van der Waals surface area contributed by atoms with E-state index in [1.54, 1.807) is 12.1 Å². The number of hydrogen-bond acceptors (Lipinski definition) is 3. The van der Waals surface area contributed by atoms with Gasteiger partial charge in [-0.15, -0.1) is 0 Å². The van der Waals surface area contributed by atoms with E-state index in [-0.39, 0.29) is 12.1 Å². The Morgan fingerprint density at radius 1 is 1.73 bits per heavy atom. The largest absolute Gasteiger partial charge is 0.478 e. The summed E-state index contributed by atoms with van der Waals surface area (Å²) in [5.41, 5.74) is 8.49. The molecule has 1 heterocycles. The van der Waals surface area contributed by atoms with Gasteiger partial charge in [-0.05, 0) is 23.7 Å². The van der Waals surface area contributed by atoms with Crippen molar-refractivity contribution in [2.45, 2.75) is 0 Å². The lowest BCUT2D eigenvalue weighted by molar-refractivity contribution is 0.0696. The summed E-state index contributed by atoms with van der Waals surface area (Å²) in [6, 6.07) is 3.01. The van der Waals surface area contributed by atoms with Gasteiger partial charge in [-0.2, -0.15) is 0 Å². The Balaban J connectivity index is 2.88. The van der Waals surface area contributed by atoms with Crippen molar-refractivity contribution < 1.29 is 9.90 Å². The third-order valence-electron chi connectivity index (χ3n) is 1.59. The lowest BCUT2D eigenvalue weighted by atomic mass is 10.2. The molecule has 0 bridgehead atoms. The van der Waals surface area contributed by atoms with Crippen molar-refractivity contribution in [3.8, 4) is 0 Å². The van der Waals surface area contributed by atoms with Crippen LogP contribution >= 0.6 is 0 Å². The van der Waals surface area contributed by atoms with Crippen molar-refractivity contribution in [3.05, 3.63) is 46.1 Å². The van der Waals surface area contributed by atoms with Crippen LogP contribution in [0, 0.1) is 0 Å². The second-order valence-electron chi connectivity index (χ2n) is 2.56. The molecule has 1 aromatic heterocycles. The van der Waals surface area contributed by atoms with E-state index in [0.29, 0.717) is 5.69 Å². The number of carboxylic acids is 1. The lowest BCUT2D eigenvalue weighted by Crippen LogP contribution is -2.00. The summed E-state index contributed by atoms with van der Waals surface area (Å²) in [5, 5.41) is 12.1. The summed E-state index contributed by atoms with van der Waals surface area (Å²) in [6.07, 6.45) is 4.56. The van der Waals surface area contributed by atoms with Gasteiger partial charge in [0, 0.05) is 17.7 Å². The molecule has 1 rings (SSSR count). The first-order valence-electron chi connectivity index (χ1n) is 4.11. The zero-order valence-corrected chi connectivity index (χ0v) is 7.74. The van der Waals surface area contributed by atoms with Crippen LogP contribution in [0.15, 0.2) is 29.5 Å². The number of carbonyl (C=O) groups is 1. The lowest BCUT2D eigenvalue weighted by Gasteiger charge is -1.97. The van der Waals surface area contributed by atoms with Gasteiger partial charge in [0.15, 0.2) is 0 Å². The molecule has 0 aliphatic carbocycles. The molecule has 1 aromatic rings. The summed E-state index contributed by atoms with van der Waals surface area (Å²) in [5.74, 6) is -1.04. The molecule has 76 valence electrons. The maximum atomic E-state index is 10.8. The van der Waals surface area contributed by atoms with Crippen LogP contribution in [-0.4, -0.2) is 22.6 Å². The minimum Gasteiger partial charge on any atom is -0.478 e. The molecule has 0 saturated carbocycles. The third-order valence-corrected chi connectivity index (χ3v) is 1.59. The number of carboxylic acid groups (broad SMARTS) is 1. The average Bonchev–Trinajstić information content (AvgIpc) is 2.25. The molecule has 0 aromatic carbocycles. The van der Waals surface area contributed by atoms with Gasteiger partial charge < -0.3 is 5.11 Å². The van der Waals surface area contributed by atoms with Crippen molar-refractivity contribution in [2.24, 2.45) is 5.11 Å². The average molecular weight is 204 g/mol. The predicted molar refractivity (Wildman–Crippen MR) is 54.2 cm³/mol. The van der Waals surface area contributed by atoms with E-state index in [0.717, 1.165) is 0 Å². The predicted octanol–water partition coefficient (Wildman–Crippen LogP) is 2.10. The second-order valence-corrected chi connectivity index (χ2v) is 2.56. The molecule has 0 aliphatic rings. The highest BCUT2D eigenvalue weighted by atomic mass is 16.4. The number of pyridine rings is 1. The van der Waals surface area contributed by atoms with Gasteiger partial charge in [0.1, 0.15) is 0 Å². The van der Waals surface area contributed by atoms with Crippen LogP contribution in [-0.2, 0) is 0 Å².